The minimum Gasteiger partial charge on any atom is -0.426 e. The second-order valence-electron chi connectivity index (χ2n) is 5.58. The van der Waals surface area contributed by atoms with Gasteiger partial charge in [0.05, 0.1) is 17.9 Å². The molecule has 0 aliphatic carbocycles. The topological polar surface area (TPSA) is 77.0 Å². The standard InChI is InChI=1S/C15H14FN5O2S/c1-8-10-7-17-13(14-18-9(2)19-24-14)21(10)6-5-20(8)15(22)11-3-4-12(16)23-11/h3-4,7-8H,5-6H2,1-2H3. The molecule has 9 heteroatoms. The van der Waals surface area contributed by atoms with Crippen molar-refractivity contribution in [2.45, 2.75) is 26.4 Å². The van der Waals surface area contributed by atoms with Crippen molar-refractivity contribution in [3.8, 4) is 10.8 Å². The SMILES string of the molecule is Cc1nsc(-c2ncc3n2CCN(C(=O)c2ccc(F)o2)C3C)n1. The Morgan fingerprint density at radius 2 is 2.25 bits per heavy atom. The molecule has 4 heterocycles. The van der Waals surface area contributed by atoms with Gasteiger partial charge in [-0.25, -0.2) is 9.97 Å². The highest BCUT2D eigenvalue weighted by Crippen LogP contribution is 2.31. The Morgan fingerprint density at radius 1 is 1.42 bits per heavy atom. The number of fused-ring (bicyclic) bond motifs is 1. The zero-order valence-corrected chi connectivity index (χ0v) is 13.9. The summed E-state index contributed by atoms with van der Waals surface area (Å²) in [6.45, 7) is 4.82. The first-order valence-electron chi connectivity index (χ1n) is 7.47. The Balaban J connectivity index is 1.65. The van der Waals surface area contributed by atoms with E-state index < -0.39 is 6.01 Å². The molecule has 1 aliphatic heterocycles. The summed E-state index contributed by atoms with van der Waals surface area (Å²) in [5, 5.41) is 0.763. The van der Waals surface area contributed by atoms with E-state index in [0.29, 0.717) is 18.9 Å². The van der Waals surface area contributed by atoms with Crippen LogP contribution >= 0.6 is 11.5 Å². The van der Waals surface area contributed by atoms with Gasteiger partial charge in [-0.3, -0.25) is 4.79 Å². The normalized spacial score (nSPS) is 17.1. The van der Waals surface area contributed by atoms with Gasteiger partial charge in [-0.2, -0.15) is 8.76 Å². The summed E-state index contributed by atoms with van der Waals surface area (Å²) in [6.07, 6.45) is 1.75. The van der Waals surface area contributed by atoms with Crippen LogP contribution < -0.4 is 0 Å². The molecule has 4 rings (SSSR count). The monoisotopic (exact) mass is 347 g/mol. The van der Waals surface area contributed by atoms with Crippen molar-refractivity contribution in [1.29, 1.82) is 0 Å². The van der Waals surface area contributed by atoms with Crippen LogP contribution in [0.1, 0.15) is 35.0 Å². The molecule has 0 saturated heterocycles. The third-order valence-corrected chi connectivity index (χ3v) is 4.91. The van der Waals surface area contributed by atoms with Crippen LogP contribution in [0.2, 0.25) is 0 Å². The van der Waals surface area contributed by atoms with E-state index in [1.54, 1.807) is 11.1 Å². The van der Waals surface area contributed by atoms with Gasteiger partial charge in [-0.05, 0) is 31.4 Å². The molecule has 0 fully saturated rings. The van der Waals surface area contributed by atoms with Crippen molar-refractivity contribution in [3.05, 3.63) is 41.6 Å². The lowest BCUT2D eigenvalue weighted by Crippen LogP contribution is -2.40. The summed E-state index contributed by atoms with van der Waals surface area (Å²) in [5.41, 5.74) is 0.907. The van der Waals surface area contributed by atoms with Gasteiger partial charge in [-0.15, -0.1) is 0 Å². The van der Waals surface area contributed by atoms with E-state index in [0.717, 1.165) is 22.6 Å². The van der Waals surface area contributed by atoms with Crippen LogP contribution in [0.3, 0.4) is 0 Å². The van der Waals surface area contributed by atoms with Crippen LogP contribution in [-0.2, 0) is 6.54 Å². The van der Waals surface area contributed by atoms with Crippen LogP contribution in [0, 0.1) is 12.9 Å². The van der Waals surface area contributed by atoms with E-state index >= 15 is 0 Å². The van der Waals surface area contributed by atoms with E-state index in [9.17, 15) is 9.18 Å². The van der Waals surface area contributed by atoms with Crippen LogP contribution in [-0.4, -0.2) is 36.3 Å². The van der Waals surface area contributed by atoms with Gasteiger partial charge in [0, 0.05) is 19.2 Å². The fourth-order valence-electron chi connectivity index (χ4n) is 2.93. The maximum Gasteiger partial charge on any atom is 0.290 e. The highest BCUT2D eigenvalue weighted by Gasteiger charge is 2.32. The number of nitrogens with zero attached hydrogens (tertiary/aromatic N) is 5. The Hall–Kier alpha value is -2.55. The number of rotatable bonds is 2. The molecule has 0 aromatic carbocycles. The molecule has 0 radical (unpaired) electrons. The Labute approximate surface area is 140 Å². The Bertz CT molecular complexity index is 915. The molecular formula is C15H14FN5O2S. The van der Waals surface area contributed by atoms with Gasteiger partial charge in [0.15, 0.2) is 16.6 Å². The molecule has 1 unspecified atom stereocenters. The molecule has 0 spiro atoms. The number of furan rings is 1. The van der Waals surface area contributed by atoms with Gasteiger partial charge in [0.2, 0.25) is 0 Å². The third kappa shape index (κ3) is 2.32. The summed E-state index contributed by atoms with van der Waals surface area (Å²) < 4.78 is 24.1. The molecule has 1 amide bonds. The van der Waals surface area contributed by atoms with E-state index in [4.69, 9.17) is 4.42 Å². The average molecular weight is 347 g/mol. The summed E-state index contributed by atoms with van der Waals surface area (Å²) in [7, 11) is 0. The predicted octanol–water partition coefficient (Wildman–Crippen LogP) is 2.66. The molecule has 1 aliphatic rings. The lowest BCUT2D eigenvalue weighted by Gasteiger charge is -2.34. The van der Waals surface area contributed by atoms with Gasteiger partial charge in [0.1, 0.15) is 5.82 Å². The number of aromatic nitrogens is 4. The number of hydrogen-bond acceptors (Lipinski definition) is 6. The Morgan fingerprint density at radius 3 is 2.92 bits per heavy atom. The van der Waals surface area contributed by atoms with Crippen molar-refractivity contribution in [2.24, 2.45) is 0 Å². The van der Waals surface area contributed by atoms with Gasteiger partial charge in [-0.1, -0.05) is 0 Å². The van der Waals surface area contributed by atoms with Gasteiger partial charge < -0.3 is 13.9 Å². The molecule has 24 heavy (non-hydrogen) atoms. The second kappa shape index (κ2) is 5.52. The van der Waals surface area contributed by atoms with Crippen LogP contribution in [0.4, 0.5) is 4.39 Å². The van der Waals surface area contributed by atoms with Crippen LogP contribution in [0.5, 0.6) is 0 Å². The Kier molecular flexibility index (Phi) is 3.45. The first-order chi connectivity index (χ1) is 11.5. The number of imidazole rings is 1. The molecule has 0 bridgehead atoms. The first-order valence-corrected chi connectivity index (χ1v) is 8.24. The molecule has 1 atom stereocenters. The number of carbonyl (C=O) groups is 1. The third-order valence-electron chi connectivity index (χ3n) is 4.11. The number of aryl methyl sites for hydroxylation is 1. The summed E-state index contributed by atoms with van der Waals surface area (Å²) >= 11 is 1.31. The molecule has 3 aromatic rings. The van der Waals surface area contributed by atoms with E-state index in [1.165, 1.54) is 17.6 Å². The highest BCUT2D eigenvalue weighted by molar-refractivity contribution is 7.09. The van der Waals surface area contributed by atoms with Crippen molar-refractivity contribution in [1.82, 2.24) is 23.8 Å². The molecule has 0 N–H and O–H groups in total. The number of carbonyl (C=O) groups excluding carboxylic acids is 1. The lowest BCUT2D eigenvalue weighted by molar-refractivity contribution is 0.0603. The van der Waals surface area contributed by atoms with E-state index in [-0.39, 0.29) is 17.7 Å². The smallest absolute Gasteiger partial charge is 0.290 e. The molecule has 0 saturated carbocycles. The zero-order chi connectivity index (χ0) is 16.8. The minimum atomic E-state index is -0.762. The van der Waals surface area contributed by atoms with Crippen LogP contribution in [0.25, 0.3) is 10.8 Å². The highest BCUT2D eigenvalue weighted by atomic mass is 32.1. The van der Waals surface area contributed by atoms with E-state index in [2.05, 4.69) is 18.9 Å². The summed E-state index contributed by atoms with van der Waals surface area (Å²) in [5.74, 6) is 1.16. The second-order valence-corrected chi connectivity index (χ2v) is 6.34. The largest absolute Gasteiger partial charge is 0.426 e. The summed E-state index contributed by atoms with van der Waals surface area (Å²) in [4.78, 5) is 23.0. The van der Waals surface area contributed by atoms with Gasteiger partial charge >= 0.3 is 0 Å². The average Bonchev–Trinajstić information content (AvgIpc) is 3.26. The van der Waals surface area contributed by atoms with Crippen molar-refractivity contribution >= 4 is 17.4 Å². The molecular weight excluding hydrogens is 333 g/mol. The lowest BCUT2D eigenvalue weighted by atomic mass is 10.1. The predicted molar refractivity (Wildman–Crippen MR) is 84.0 cm³/mol. The fourth-order valence-corrected chi connectivity index (χ4v) is 3.60. The zero-order valence-electron chi connectivity index (χ0n) is 13.1. The number of halogens is 1. The maximum absolute atomic E-state index is 13.0. The molecule has 3 aromatic heterocycles. The number of amides is 1. The molecule has 124 valence electrons. The van der Waals surface area contributed by atoms with Crippen molar-refractivity contribution in [2.75, 3.05) is 6.54 Å². The van der Waals surface area contributed by atoms with Crippen LogP contribution in [0.15, 0.2) is 22.7 Å². The summed E-state index contributed by atoms with van der Waals surface area (Å²) in [6, 6.07) is 1.53. The molecule has 7 nitrogen and oxygen atoms in total. The van der Waals surface area contributed by atoms with E-state index in [1.807, 2.05) is 13.8 Å². The van der Waals surface area contributed by atoms with Crippen molar-refractivity contribution in [3.63, 3.8) is 0 Å². The van der Waals surface area contributed by atoms with Gasteiger partial charge in [0.25, 0.3) is 11.9 Å². The maximum atomic E-state index is 13.0. The fraction of sp³-hybridized carbons (Fsp3) is 0.333. The van der Waals surface area contributed by atoms with Crippen molar-refractivity contribution < 1.29 is 13.6 Å². The quantitative estimate of drug-likeness (QED) is 0.712. The number of hydrogen-bond donors (Lipinski definition) is 0. The minimum absolute atomic E-state index is 0.00675. The first kappa shape index (κ1) is 15.0.